The van der Waals surface area contributed by atoms with Gasteiger partial charge in [0.15, 0.2) is 0 Å². The van der Waals surface area contributed by atoms with E-state index in [1.165, 1.54) is 16.7 Å². The van der Waals surface area contributed by atoms with E-state index >= 15 is 0 Å². The number of piperazine rings is 1. The van der Waals surface area contributed by atoms with Crippen molar-refractivity contribution in [1.82, 2.24) is 24.3 Å². The number of benzene rings is 1. The topological polar surface area (TPSA) is 83.8 Å². The number of hydrogen-bond acceptors (Lipinski definition) is 6. The lowest BCUT2D eigenvalue weighted by Gasteiger charge is -2.46. The molecule has 0 radical (unpaired) electrons. The standard InChI is InChI=1S/C34H43ClN6O3/c1-34(2,3)44-33(43)41-19-18-39(30-11-13-37-29-21-25-7-9-26(35)20-24(25)8-10-28(29)30)22-31(41)32(42)40-15-5-4-6-27(40)12-16-38-17-14-36-23-38/h7,9,11,13-14,17,20,23,27,31H,4-6,8,10,12,15-16,18-19,21-22H2,1-3H3/t27-,31+/m0/s1. The molecule has 6 rings (SSSR count). The van der Waals surface area contributed by atoms with E-state index < -0.39 is 17.7 Å². The predicted molar refractivity (Wildman–Crippen MR) is 171 cm³/mol. The van der Waals surface area contributed by atoms with Crippen molar-refractivity contribution in [2.24, 2.45) is 0 Å². The van der Waals surface area contributed by atoms with Gasteiger partial charge in [0.2, 0.25) is 5.91 Å². The van der Waals surface area contributed by atoms with Gasteiger partial charge in [0, 0.05) is 80.2 Å². The highest BCUT2D eigenvalue weighted by Gasteiger charge is 2.42. The van der Waals surface area contributed by atoms with Crippen LogP contribution in [-0.2, 0) is 35.3 Å². The van der Waals surface area contributed by atoms with E-state index in [1.807, 2.05) is 50.5 Å². The molecule has 4 heterocycles. The molecule has 3 aliphatic rings. The van der Waals surface area contributed by atoms with Gasteiger partial charge in [-0.15, -0.1) is 0 Å². The van der Waals surface area contributed by atoms with Gasteiger partial charge < -0.3 is 19.1 Å². The van der Waals surface area contributed by atoms with Gasteiger partial charge in [0.25, 0.3) is 0 Å². The number of hydrogen-bond donors (Lipinski definition) is 0. The molecule has 2 saturated heterocycles. The number of piperidine rings is 1. The maximum Gasteiger partial charge on any atom is 0.411 e. The van der Waals surface area contributed by atoms with Crippen LogP contribution in [0.3, 0.4) is 0 Å². The highest BCUT2D eigenvalue weighted by Crippen LogP contribution is 2.33. The fourth-order valence-electron chi connectivity index (χ4n) is 6.94. The lowest BCUT2D eigenvalue weighted by atomic mass is 9.97. The minimum absolute atomic E-state index is 0.0121. The number of aryl methyl sites for hydroxylation is 2. The Hall–Kier alpha value is -3.59. The normalized spacial score (nSPS) is 20.5. The van der Waals surface area contributed by atoms with Crippen molar-refractivity contribution in [3.63, 3.8) is 0 Å². The summed E-state index contributed by atoms with van der Waals surface area (Å²) in [6, 6.07) is 7.68. The SMILES string of the molecule is CC(C)(C)OC(=O)N1CCN(c2ccnc3c2CCc2cc(Cl)ccc2C3)C[C@@H]1C(=O)N1CCCC[C@H]1CCn1ccnc1. The average molecular weight is 619 g/mol. The molecule has 2 aliphatic heterocycles. The number of likely N-dealkylation sites (tertiary alicyclic amines) is 1. The summed E-state index contributed by atoms with van der Waals surface area (Å²) in [5.74, 6) is 0.0121. The number of imidazole rings is 1. The first-order valence-corrected chi connectivity index (χ1v) is 16.3. The highest BCUT2D eigenvalue weighted by molar-refractivity contribution is 6.30. The van der Waals surface area contributed by atoms with E-state index in [2.05, 4.69) is 32.7 Å². The van der Waals surface area contributed by atoms with Gasteiger partial charge in [0.05, 0.1) is 6.33 Å². The quantitative estimate of drug-likeness (QED) is 0.375. The number of nitrogens with zero attached hydrogens (tertiary/aromatic N) is 6. The number of aromatic nitrogens is 3. The number of amides is 2. The molecule has 2 fully saturated rings. The van der Waals surface area contributed by atoms with Crippen LogP contribution >= 0.6 is 11.6 Å². The van der Waals surface area contributed by atoms with Crippen molar-refractivity contribution < 1.29 is 14.3 Å². The minimum atomic E-state index is -0.652. The third-order valence-corrected chi connectivity index (χ3v) is 9.35. The van der Waals surface area contributed by atoms with Crippen LogP contribution < -0.4 is 4.90 Å². The smallest absolute Gasteiger partial charge is 0.411 e. The lowest BCUT2D eigenvalue weighted by Crippen LogP contribution is -2.63. The van der Waals surface area contributed by atoms with E-state index in [4.69, 9.17) is 21.3 Å². The highest BCUT2D eigenvalue weighted by atomic mass is 35.5. The van der Waals surface area contributed by atoms with E-state index in [1.54, 1.807) is 11.1 Å². The summed E-state index contributed by atoms with van der Waals surface area (Å²) < 4.78 is 7.89. The molecule has 0 saturated carbocycles. The van der Waals surface area contributed by atoms with Crippen LogP contribution in [-0.4, -0.2) is 80.2 Å². The van der Waals surface area contributed by atoms with Crippen molar-refractivity contribution in [2.75, 3.05) is 31.1 Å². The van der Waals surface area contributed by atoms with Crippen LogP contribution in [0.1, 0.15) is 68.8 Å². The first-order chi connectivity index (χ1) is 21.2. The monoisotopic (exact) mass is 618 g/mol. The number of carbonyl (C=O) groups excluding carboxylic acids is 2. The summed E-state index contributed by atoms with van der Waals surface area (Å²) in [6.45, 7) is 8.55. The van der Waals surface area contributed by atoms with Crippen molar-refractivity contribution in [3.8, 4) is 0 Å². The third kappa shape index (κ3) is 6.72. The number of rotatable bonds is 5. The zero-order chi connectivity index (χ0) is 30.8. The maximum absolute atomic E-state index is 14.5. The fraction of sp³-hybridized carbons (Fsp3) is 0.529. The van der Waals surface area contributed by atoms with Gasteiger partial charge in [-0.25, -0.2) is 9.78 Å². The Balaban J connectivity index is 1.27. The Morgan fingerprint density at radius 3 is 2.68 bits per heavy atom. The molecule has 44 heavy (non-hydrogen) atoms. The molecular weight excluding hydrogens is 576 g/mol. The first kappa shape index (κ1) is 30.4. The number of anilines is 1. The first-order valence-electron chi connectivity index (χ1n) is 15.9. The molecule has 9 nitrogen and oxygen atoms in total. The average Bonchev–Trinajstić information content (AvgIpc) is 3.46. The molecule has 2 amide bonds. The molecule has 3 aromatic rings. The number of fused-ring (bicyclic) bond motifs is 2. The number of pyridine rings is 1. The summed E-state index contributed by atoms with van der Waals surface area (Å²) in [5, 5.41) is 0.753. The van der Waals surface area contributed by atoms with Gasteiger partial charge in [-0.1, -0.05) is 17.7 Å². The van der Waals surface area contributed by atoms with E-state index in [0.29, 0.717) is 26.2 Å². The number of halogens is 1. The predicted octanol–water partition coefficient (Wildman–Crippen LogP) is 5.52. The molecule has 0 spiro atoms. The summed E-state index contributed by atoms with van der Waals surface area (Å²) in [5.41, 5.74) is 5.25. The number of ether oxygens (including phenoxy) is 1. The Morgan fingerprint density at radius 1 is 1.02 bits per heavy atom. The molecule has 1 aliphatic carbocycles. The largest absolute Gasteiger partial charge is 0.444 e. The second-order valence-electron chi connectivity index (χ2n) is 13.3. The second kappa shape index (κ2) is 12.8. The van der Waals surface area contributed by atoms with Crippen LogP contribution in [0.5, 0.6) is 0 Å². The van der Waals surface area contributed by atoms with Crippen LogP contribution in [0.15, 0.2) is 49.2 Å². The van der Waals surface area contributed by atoms with Crippen molar-refractivity contribution in [3.05, 3.63) is 76.6 Å². The van der Waals surface area contributed by atoms with E-state index in [0.717, 1.165) is 67.9 Å². The Labute approximate surface area is 265 Å². The Morgan fingerprint density at radius 2 is 1.89 bits per heavy atom. The Kier molecular flexibility index (Phi) is 8.85. The van der Waals surface area contributed by atoms with Gasteiger partial charge in [-0.05, 0) is 94.2 Å². The van der Waals surface area contributed by atoms with Crippen LogP contribution in [0, 0.1) is 0 Å². The lowest BCUT2D eigenvalue weighted by molar-refractivity contribution is -0.141. The summed E-state index contributed by atoms with van der Waals surface area (Å²) in [4.78, 5) is 43.0. The van der Waals surface area contributed by atoms with Gasteiger partial charge in [-0.2, -0.15) is 0 Å². The van der Waals surface area contributed by atoms with Crippen molar-refractivity contribution in [2.45, 2.75) is 89.9 Å². The zero-order valence-electron chi connectivity index (χ0n) is 26.0. The van der Waals surface area contributed by atoms with Gasteiger partial charge in [0.1, 0.15) is 11.6 Å². The van der Waals surface area contributed by atoms with E-state index in [-0.39, 0.29) is 11.9 Å². The summed E-state index contributed by atoms with van der Waals surface area (Å²) in [7, 11) is 0. The molecule has 0 unspecified atom stereocenters. The van der Waals surface area contributed by atoms with Crippen LogP contribution in [0.4, 0.5) is 10.5 Å². The molecule has 2 aromatic heterocycles. The zero-order valence-corrected chi connectivity index (χ0v) is 26.8. The maximum atomic E-state index is 14.5. The third-order valence-electron chi connectivity index (χ3n) is 9.11. The van der Waals surface area contributed by atoms with Gasteiger partial charge >= 0.3 is 6.09 Å². The molecule has 1 aromatic carbocycles. The van der Waals surface area contributed by atoms with Gasteiger partial charge in [-0.3, -0.25) is 14.7 Å². The molecule has 0 N–H and O–H groups in total. The summed E-state index contributed by atoms with van der Waals surface area (Å²) >= 11 is 6.33. The van der Waals surface area contributed by atoms with Crippen LogP contribution in [0.2, 0.25) is 5.02 Å². The molecule has 234 valence electrons. The molecular formula is C34H43ClN6O3. The van der Waals surface area contributed by atoms with Crippen molar-refractivity contribution >= 4 is 29.3 Å². The van der Waals surface area contributed by atoms with Crippen molar-refractivity contribution in [1.29, 1.82) is 0 Å². The molecule has 10 heteroatoms. The number of carbonyl (C=O) groups is 2. The Bertz CT molecular complexity index is 1490. The summed E-state index contributed by atoms with van der Waals surface area (Å²) in [6.07, 6.45) is 13.4. The second-order valence-corrected chi connectivity index (χ2v) is 13.7. The minimum Gasteiger partial charge on any atom is -0.444 e. The van der Waals surface area contributed by atoms with E-state index in [9.17, 15) is 9.59 Å². The molecule has 0 bridgehead atoms. The fourth-order valence-corrected chi connectivity index (χ4v) is 7.13. The molecule has 2 atom stereocenters. The van der Waals surface area contributed by atoms with Crippen LogP contribution in [0.25, 0.3) is 0 Å².